The van der Waals surface area contributed by atoms with Crippen molar-refractivity contribution in [3.05, 3.63) is 65.2 Å². The molecule has 0 aliphatic heterocycles. The molecule has 1 fully saturated rings. The van der Waals surface area contributed by atoms with Gasteiger partial charge < -0.3 is 10.0 Å². The number of alkyl halides is 3. The summed E-state index contributed by atoms with van der Waals surface area (Å²) in [6, 6.07) is 13.5. The predicted octanol–water partition coefficient (Wildman–Crippen LogP) is 5.90. The van der Waals surface area contributed by atoms with Gasteiger partial charge in [-0.1, -0.05) is 49.2 Å². The zero-order valence-electron chi connectivity index (χ0n) is 16.9. The zero-order valence-corrected chi connectivity index (χ0v) is 17.7. The number of para-hydroxylation sites is 1. The van der Waals surface area contributed by atoms with Crippen LogP contribution in [-0.4, -0.2) is 24.8 Å². The molecule has 160 valence electrons. The lowest BCUT2D eigenvalue weighted by atomic mass is 9.70. The average molecular weight is 428 g/mol. The number of halogens is 4. The molecular formula is C23H29ClF3NO. The van der Waals surface area contributed by atoms with Gasteiger partial charge in [0.05, 0.1) is 11.2 Å². The maximum atomic E-state index is 13.1. The molecule has 3 rings (SSSR count). The maximum Gasteiger partial charge on any atom is 0.416 e. The van der Waals surface area contributed by atoms with Gasteiger partial charge in [-0.05, 0) is 48.4 Å². The molecule has 2 aromatic rings. The summed E-state index contributed by atoms with van der Waals surface area (Å²) in [4.78, 5) is 2.06. The van der Waals surface area contributed by atoms with Crippen molar-refractivity contribution in [2.45, 2.75) is 50.3 Å². The van der Waals surface area contributed by atoms with Crippen LogP contribution in [0.15, 0.2) is 48.5 Å². The van der Waals surface area contributed by atoms with Crippen LogP contribution in [0, 0.1) is 5.92 Å². The SMILES string of the molecule is CN(C)c1ccccc1CC1CCCCC1(O)Cc1cccc(C(F)(F)F)c1.Cl. The molecule has 0 radical (unpaired) electrons. The van der Waals surface area contributed by atoms with Crippen LogP contribution < -0.4 is 4.90 Å². The van der Waals surface area contributed by atoms with Crippen molar-refractivity contribution in [1.82, 2.24) is 0 Å². The van der Waals surface area contributed by atoms with E-state index in [4.69, 9.17) is 0 Å². The van der Waals surface area contributed by atoms with Gasteiger partial charge in [0.25, 0.3) is 0 Å². The molecule has 0 bridgehead atoms. The van der Waals surface area contributed by atoms with Crippen LogP contribution in [-0.2, 0) is 19.0 Å². The van der Waals surface area contributed by atoms with E-state index in [0.717, 1.165) is 37.4 Å². The molecule has 0 amide bonds. The standard InChI is InChI=1S/C23H28F3NO.ClH/c1-27(2)21-12-4-3-9-18(21)15-19-10-5-6-13-22(19,28)16-17-8-7-11-20(14-17)23(24,25)26;/h3-4,7-9,11-12,14,19,28H,5-6,10,13,15-16H2,1-2H3;1H. The van der Waals surface area contributed by atoms with E-state index in [0.29, 0.717) is 12.0 Å². The van der Waals surface area contributed by atoms with Gasteiger partial charge in [-0.15, -0.1) is 12.4 Å². The summed E-state index contributed by atoms with van der Waals surface area (Å²) in [5, 5.41) is 11.5. The molecular weight excluding hydrogens is 399 g/mol. The fourth-order valence-corrected chi connectivity index (χ4v) is 4.42. The van der Waals surface area contributed by atoms with Crippen molar-refractivity contribution in [3.8, 4) is 0 Å². The van der Waals surface area contributed by atoms with E-state index < -0.39 is 17.3 Å². The molecule has 2 atom stereocenters. The molecule has 0 heterocycles. The molecule has 0 aromatic heterocycles. The number of aliphatic hydroxyl groups is 1. The Morgan fingerprint density at radius 3 is 2.48 bits per heavy atom. The van der Waals surface area contributed by atoms with E-state index in [2.05, 4.69) is 17.0 Å². The largest absolute Gasteiger partial charge is 0.416 e. The van der Waals surface area contributed by atoms with Gasteiger partial charge in [-0.25, -0.2) is 0 Å². The van der Waals surface area contributed by atoms with Gasteiger partial charge in [0.1, 0.15) is 0 Å². The van der Waals surface area contributed by atoms with E-state index in [1.807, 2.05) is 26.2 Å². The highest BCUT2D eigenvalue weighted by atomic mass is 35.5. The number of nitrogens with zero attached hydrogens (tertiary/aromatic N) is 1. The summed E-state index contributed by atoms with van der Waals surface area (Å²) in [6.45, 7) is 0. The maximum absolute atomic E-state index is 13.1. The van der Waals surface area contributed by atoms with Crippen molar-refractivity contribution >= 4 is 18.1 Å². The van der Waals surface area contributed by atoms with Crippen LogP contribution in [0.2, 0.25) is 0 Å². The highest BCUT2D eigenvalue weighted by Crippen LogP contribution is 2.40. The van der Waals surface area contributed by atoms with Gasteiger partial charge in [0.15, 0.2) is 0 Å². The molecule has 6 heteroatoms. The minimum absolute atomic E-state index is 0. The van der Waals surface area contributed by atoms with Crippen molar-refractivity contribution in [3.63, 3.8) is 0 Å². The van der Waals surface area contributed by atoms with Crippen molar-refractivity contribution in [2.75, 3.05) is 19.0 Å². The summed E-state index contributed by atoms with van der Waals surface area (Å²) < 4.78 is 39.2. The van der Waals surface area contributed by atoms with E-state index >= 15 is 0 Å². The lowest BCUT2D eigenvalue weighted by molar-refractivity contribution is -0.137. The van der Waals surface area contributed by atoms with Crippen LogP contribution in [0.5, 0.6) is 0 Å². The van der Waals surface area contributed by atoms with E-state index in [-0.39, 0.29) is 24.7 Å². The fraction of sp³-hybridized carbons (Fsp3) is 0.478. The quantitative estimate of drug-likeness (QED) is 0.642. The summed E-state index contributed by atoms with van der Waals surface area (Å²) in [7, 11) is 3.99. The van der Waals surface area contributed by atoms with Gasteiger partial charge >= 0.3 is 6.18 Å². The van der Waals surface area contributed by atoms with E-state index in [1.54, 1.807) is 6.07 Å². The summed E-state index contributed by atoms with van der Waals surface area (Å²) in [6.07, 6.45) is 0.0705. The number of hydrogen-bond donors (Lipinski definition) is 1. The molecule has 1 aliphatic carbocycles. The Morgan fingerprint density at radius 2 is 1.79 bits per heavy atom. The Kier molecular flexibility index (Phi) is 7.63. The molecule has 1 aliphatic rings. The normalized spacial score (nSPS) is 22.1. The van der Waals surface area contributed by atoms with Crippen LogP contribution in [0.1, 0.15) is 42.4 Å². The molecule has 2 unspecified atom stereocenters. The number of anilines is 1. The lowest BCUT2D eigenvalue weighted by Crippen LogP contribution is -2.44. The third-order valence-corrected chi connectivity index (χ3v) is 5.88. The van der Waals surface area contributed by atoms with E-state index in [9.17, 15) is 18.3 Å². The third-order valence-electron chi connectivity index (χ3n) is 5.88. The average Bonchev–Trinajstić information content (AvgIpc) is 2.63. The number of rotatable bonds is 5. The van der Waals surface area contributed by atoms with Crippen molar-refractivity contribution in [2.24, 2.45) is 5.92 Å². The van der Waals surface area contributed by atoms with Gasteiger partial charge in [0, 0.05) is 26.2 Å². The Bertz CT molecular complexity index is 809. The fourth-order valence-electron chi connectivity index (χ4n) is 4.42. The van der Waals surface area contributed by atoms with E-state index in [1.165, 1.54) is 17.7 Å². The second-order valence-electron chi connectivity index (χ2n) is 8.15. The number of benzene rings is 2. The molecule has 2 aromatic carbocycles. The Balaban J connectivity index is 0.00000300. The molecule has 29 heavy (non-hydrogen) atoms. The van der Waals surface area contributed by atoms with Crippen LogP contribution in [0.25, 0.3) is 0 Å². The topological polar surface area (TPSA) is 23.5 Å². The van der Waals surface area contributed by atoms with Crippen LogP contribution >= 0.6 is 12.4 Å². The van der Waals surface area contributed by atoms with Gasteiger partial charge in [-0.3, -0.25) is 0 Å². The first kappa shape index (κ1) is 23.6. The molecule has 1 saturated carbocycles. The second-order valence-corrected chi connectivity index (χ2v) is 8.15. The molecule has 0 saturated heterocycles. The summed E-state index contributed by atoms with van der Waals surface area (Å²) >= 11 is 0. The molecule has 1 N–H and O–H groups in total. The number of hydrogen-bond acceptors (Lipinski definition) is 2. The first-order chi connectivity index (χ1) is 13.2. The van der Waals surface area contributed by atoms with Gasteiger partial charge in [-0.2, -0.15) is 13.2 Å². The van der Waals surface area contributed by atoms with Crippen molar-refractivity contribution in [1.29, 1.82) is 0 Å². The second kappa shape index (κ2) is 9.40. The highest BCUT2D eigenvalue weighted by Gasteiger charge is 2.39. The van der Waals surface area contributed by atoms with Crippen LogP contribution in [0.4, 0.5) is 18.9 Å². The predicted molar refractivity (Wildman–Crippen MR) is 114 cm³/mol. The summed E-state index contributed by atoms with van der Waals surface area (Å²) in [5.41, 5.74) is 1.20. The Labute approximate surface area is 177 Å². The molecule has 2 nitrogen and oxygen atoms in total. The lowest BCUT2D eigenvalue weighted by Gasteiger charge is -2.41. The monoisotopic (exact) mass is 427 g/mol. The smallest absolute Gasteiger partial charge is 0.389 e. The minimum atomic E-state index is -4.37. The first-order valence-electron chi connectivity index (χ1n) is 9.83. The summed E-state index contributed by atoms with van der Waals surface area (Å²) in [5.74, 6) is 0.0249. The Hall–Kier alpha value is -1.72. The first-order valence-corrected chi connectivity index (χ1v) is 9.83. The third kappa shape index (κ3) is 5.67. The highest BCUT2D eigenvalue weighted by molar-refractivity contribution is 5.85. The minimum Gasteiger partial charge on any atom is -0.389 e. The Morgan fingerprint density at radius 1 is 1.07 bits per heavy atom. The van der Waals surface area contributed by atoms with Crippen molar-refractivity contribution < 1.29 is 18.3 Å². The zero-order chi connectivity index (χ0) is 20.4. The molecule has 0 spiro atoms. The van der Waals surface area contributed by atoms with Crippen LogP contribution in [0.3, 0.4) is 0 Å². The van der Waals surface area contributed by atoms with Gasteiger partial charge in [0.2, 0.25) is 0 Å².